The third-order valence-corrected chi connectivity index (χ3v) is 4.38. The molecule has 0 spiro atoms. The van der Waals surface area contributed by atoms with Crippen molar-refractivity contribution in [2.75, 3.05) is 15.9 Å². The number of nitrogens with one attached hydrogen (secondary N) is 1. The van der Waals surface area contributed by atoms with Crippen molar-refractivity contribution in [3.05, 3.63) is 75.0 Å². The number of nitrogens with zero attached hydrogens (tertiary/aromatic N) is 3. The van der Waals surface area contributed by atoms with Gasteiger partial charge in [-0.3, -0.25) is 15.8 Å². The van der Waals surface area contributed by atoms with E-state index in [9.17, 15) is 20.8 Å². The maximum Gasteiger partial charge on any atom is 0.103 e. The summed E-state index contributed by atoms with van der Waals surface area (Å²) in [5, 5.41) is 45.4. The lowest BCUT2D eigenvalue weighted by atomic mass is 10.0. The molecular formula is C17H13BrN4O4-2. The maximum absolute atomic E-state index is 10.7. The molecular weight excluding hydrogens is 404 g/mol. The van der Waals surface area contributed by atoms with E-state index < -0.39 is 5.23 Å². The van der Waals surface area contributed by atoms with E-state index in [2.05, 4.69) is 26.5 Å². The van der Waals surface area contributed by atoms with Crippen LogP contribution in [0.15, 0.2) is 64.2 Å². The largest absolute Gasteiger partial charge is 0.769 e. The molecule has 134 valence electrons. The summed E-state index contributed by atoms with van der Waals surface area (Å²) in [6.45, 7) is 0. The number of hydrazone groups is 1. The van der Waals surface area contributed by atoms with Crippen LogP contribution in [-0.2, 0) is 0 Å². The second kappa shape index (κ2) is 7.68. The van der Waals surface area contributed by atoms with E-state index in [-0.39, 0.29) is 16.6 Å². The molecule has 0 bridgehead atoms. The van der Waals surface area contributed by atoms with Crippen LogP contribution in [0.4, 0.5) is 17.1 Å². The van der Waals surface area contributed by atoms with Crippen molar-refractivity contribution >= 4 is 50.0 Å². The Hall–Kier alpha value is -2.69. The lowest BCUT2D eigenvalue weighted by Crippen LogP contribution is -2.12. The standard InChI is InChI=1S/C17H13BrN4O4/c18-15-8-9-16(22(25)26)17-11(2-1-3-14(15)17)10-19-20-12-4-6-13(7-5-12)21(23)24/h1-10,20,25-26H/q-2. The molecule has 0 unspecified atom stereocenters. The number of hydrogen-bond donors (Lipinski definition) is 3. The van der Waals surface area contributed by atoms with Crippen molar-refractivity contribution in [3.63, 3.8) is 0 Å². The molecule has 3 rings (SSSR count). The van der Waals surface area contributed by atoms with Crippen molar-refractivity contribution in [1.29, 1.82) is 0 Å². The summed E-state index contributed by atoms with van der Waals surface area (Å²) in [7, 11) is 0. The number of rotatable bonds is 5. The minimum Gasteiger partial charge on any atom is -0.769 e. The first-order valence-corrected chi connectivity index (χ1v) is 8.19. The first-order valence-electron chi connectivity index (χ1n) is 7.40. The highest BCUT2D eigenvalue weighted by Gasteiger charge is 2.11. The zero-order valence-electron chi connectivity index (χ0n) is 13.2. The second-order valence-corrected chi connectivity index (χ2v) is 6.15. The third-order valence-electron chi connectivity index (χ3n) is 3.69. The molecule has 0 heterocycles. The number of halogens is 1. The SMILES string of the molecule is [O-]N([O-])c1ccc(NN=Cc2cccc3c(Br)ccc(N(O)O)c23)cc1. The van der Waals surface area contributed by atoms with Crippen LogP contribution in [0.5, 0.6) is 0 Å². The Kier molecular flexibility index (Phi) is 5.35. The minimum absolute atomic E-state index is 0.00550. The molecule has 8 nitrogen and oxygen atoms in total. The number of hydrogen-bond acceptors (Lipinski definition) is 8. The Balaban J connectivity index is 1.91. The van der Waals surface area contributed by atoms with Crippen molar-refractivity contribution < 1.29 is 10.4 Å². The molecule has 0 amide bonds. The van der Waals surface area contributed by atoms with E-state index in [1.54, 1.807) is 30.3 Å². The van der Waals surface area contributed by atoms with E-state index in [0.29, 0.717) is 16.6 Å². The second-order valence-electron chi connectivity index (χ2n) is 5.30. The zero-order valence-corrected chi connectivity index (χ0v) is 14.8. The van der Waals surface area contributed by atoms with E-state index in [1.165, 1.54) is 18.3 Å². The quantitative estimate of drug-likeness (QED) is 0.415. The molecule has 0 aliphatic rings. The summed E-state index contributed by atoms with van der Waals surface area (Å²) in [6.07, 6.45) is 1.53. The van der Waals surface area contributed by atoms with Gasteiger partial charge in [-0.15, -0.1) is 5.23 Å². The van der Waals surface area contributed by atoms with Gasteiger partial charge in [-0.2, -0.15) is 5.10 Å². The Labute approximate surface area is 156 Å². The highest BCUT2D eigenvalue weighted by molar-refractivity contribution is 9.10. The highest BCUT2D eigenvalue weighted by atomic mass is 79.9. The summed E-state index contributed by atoms with van der Waals surface area (Å²) in [4.78, 5) is 0. The summed E-state index contributed by atoms with van der Waals surface area (Å²) in [5.74, 6) is 0. The number of fused-ring (bicyclic) bond motifs is 1. The molecule has 3 N–H and O–H groups in total. The van der Waals surface area contributed by atoms with Gasteiger partial charge < -0.3 is 15.6 Å². The molecule has 0 radical (unpaired) electrons. The first kappa shape index (κ1) is 18.1. The molecule has 0 saturated carbocycles. The monoisotopic (exact) mass is 416 g/mol. The van der Waals surface area contributed by atoms with Crippen LogP contribution in [0.2, 0.25) is 0 Å². The van der Waals surface area contributed by atoms with Crippen molar-refractivity contribution in [2.45, 2.75) is 0 Å². The fourth-order valence-corrected chi connectivity index (χ4v) is 2.95. The molecule has 26 heavy (non-hydrogen) atoms. The highest BCUT2D eigenvalue weighted by Crippen LogP contribution is 2.33. The number of anilines is 3. The third kappa shape index (κ3) is 3.77. The zero-order chi connectivity index (χ0) is 18.7. The van der Waals surface area contributed by atoms with E-state index in [1.807, 2.05) is 12.1 Å². The average Bonchev–Trinajstić information content (AvgIpc) is 2.62. The molecule has 9 heteroatoms. The van der Waals surface area contributed by atoms with E-state index >= 15 is 0 Å². The predicted molar refractivity (Wildman–Crippen MR) is 105 cm³/mol. The molecule has 0 atom stereocenters. The summed E-state index contributed by atoms with van der Waals surface area (Å²) < 4.78 is 0.802. The molecule has 0 aliphatic carbocycles. The van der Waals surface area contributed by atoms with Crippen LogP contribution in [-0.4, -0.2) is 16.6 Å². The summed E-state index contributed by atoms with van der Waals surface area (Å²) in [6, 6.07) is 14.6. The topological polar surface area (TPSA) is 117 Å². The smallest absolute Gasteiger partial charge is 0.103 e. The molecule has 0 saturated heterocycles. The maximum atomic E-state index is 10.7. The Bertz CT molecular complexity index is 945. The molecule has 0 aliphatic heterocycles. The molecule has 3 aromatic carbocycles. The van der Waals surface area contributed by atoms with Crippen molar-refractivity contribution in [2.24, 2.45) is 5.10 Å². The summed E-state index contributed by atoms with van der Waals surface area (Å²) >= 11 is 3.44. The van der Waals surface area contributed by atoms with Gasteiger partial charge in [0.1, 0.15) is 5.69 Å². The Morgan fingerprint density at radius 1 is 1.00 bits per heavy atom. The van der Waals surface area contributed by atoms with Gasteiger partial charge in [0.25, 0.3) is 0 Å². The van der Waals surface area contributed by atoms with Crippen LogP contribution in [0.3, 0.4) is 0 Å². The van der Waals surface area contributed by atoms with Gasteiger partial charge in [-0.05, 0) is 41.8 Å². The van der Waals surface area contributed by atoms with Crippen molar-refractivity contribution in [1.82, 2.24) is 0 Å². The van der Waals surface area contributed by atoms with Crippen LogP contribution in [0.25, 0.3) is 10.8 Å². The fourth-order valence-electron chi connectivity index (χ4n) is 2.49. The van der Waals surface area contributed by atoms with Crippen LogP contribution in [0.1, 0.15) is 5.56 Å². The van der Waals surface area contributed by atoms with Crippen LogP contribution in [0, 0.1) is 10.4 Å². The first-order chi connectivity index (χ1) is 12.5. The molecule has 0 aromatic heterocycles. The van der Waals surface area contributed by atoms with Crippen LogP contribution < -0.4 is 15.9 Å². The molecule has 0 fully saturated rings. The van der Waals surface area contributed by atoms with Gasteiger partial charge in [0.05, 0.1) is 11.9 Å². The van der Waals surface area contributed by atoms with Gasteiger partial charge in [-0.1, -0.05) is 34.1 Å². The van der Waals surface area contributed by atoms with E-state index in [4.69, 9.17) is 0 Å². The van der Waals surface area contributed by atoms with Gasteiger partial charge >= 0.3 is 0 Å². The Morgan fingerprint density at radius 2 is 1.73 bits per heavy atom. The predicted octanol–water partition coefficient (Wildman–Crippen LogP) is 4.44. The van der Waals surface area contributed by atoms with Gasteiger partial charge in [0.15, 0.2) is 0 Å². The normalized spacial score (nSPS) is 11.1. The van der Waals surface area contributed by atoms with Gasteiger partial charge in [-0.25, -0.2) is 0 Å². The van der Waals surface area contributed by atoms with E-state index in [0.717, 1.165) is 9.86 Å². The lowest BCUT2D eigenvalue weighted by molar-refractivity contribution is 0.0300. The van der Waals surface area contributed by atoms with Crippen LogP contribution >= 0.6 is 15.9 Å². The van der Waals surface area contributed by atoms with Gasteiger partial charge in [0, 0.05) is 21.1 Å². The lowest BCUT2D eigenvalue weighted by Gasteiger charge is -2.37. The van der Waals surface area contributed by atoms with Gasteiger partial charge in [0.2, 0.25) is 0 Å². The number of benzene rings is 3. The molecule has 3 aromatic rings. The Morgan fingerprint density at radius 3 is 2.38 bits per heavy atom. The average molecular weight is 417 g/mol. The fraction of sp³-hybridized carbons (Fsp3) is 0. The summed E-state index contributed by atoms with van der Waals surface area (Å²) in [5.41, 5.74) is 4.22. The van der Waals surface area contributed by atoms with Crippen molar-refractivity contribution in [3.8, 4) is 0 Å². The minimum atomic E-state index is -0.474.